The van der Waals surface area contributed by atoms with E-state index in [1.165, 1.54) is 6.42 Å². The summed E-state index contributed by atoms with van der Waals surface area (Å²) >= 11 is 0. The van der Waals surface area contributed by atoms with Crippen LogP contribution < -0.4 is 5.73 Å². The van der Waals surface area contributed by atoms with Crippen LogP contribution in [0.2, 0.25) is 0 Å². The molecule has 0 heterocycles. The lowest BCUT2D eigenvalue weighted by Crippen LogP contribution is -2.41. The van der Waals surface area contributed by atoms with Gasteiger partial charge in [-0.15, -0.1) is 0 Å². The standard InChI is InChI=1S/C12H16N2O2/c1-9-3-4-10(7-11(9)14(15)16)12(8-13)5-2-6-12/h3-4,7H,2,5-6,8,13H2,1H3. The van der Waals surface area contributed by atoms with Crippen molar-refractivity contribution in [3.05, 3.63) is 39.4 Å². The smallest absolute Gasteiger partial charge is 0.272 e. The summed E-state index contributed by atoms with van der Waals surface area (Å²) in [6.07, 6.45) is 3.26. The molecule has 0 atom stereocenters. The molecule has 1 aliphatic carbocycles. The number of rotatable bonds is 3. The molecule has 0 unspecified atom stereocenters. The van der Waals surface area contributed by atoms with Gasteiger partial charge in [-0.3, -0.25) is 10.1 Å². The lowest BCUT2D eigenvalue weighted by Gasteiger charge is -2.41. The van der Waals surface area contributed by atoms with Gasteiger partial charge in [0, 0.05) is 23.6 Å². The highest BCUT2D eigenvalue weighted by atomic mass is 16.6. The van der Waals surface area contributed by atoms with Crippen LogP contribution in [0.15, 0.2) is 18.2 Å². The molecule has 2 rings (SSSR count). The summed E-state index contributed by atoms with van der Waals surface area (Å²) in [6.45, 7) is 2.34. The Morgan fingerprint density at radius 3 is 2.62 bits per heavy atom. The number of nitro groups is 1. The summed E-state index contributed by atoms with van der Waals surface area (Å²) in [5, 5.41) is 10.9. The molecule has 1 aromatic carbocycles. The molecular formula is C12H16N2O2. The zero-order valence-electron chi connectivity index (χ0n) is 9.40. The van der Waals surface area contributed by atoms with E-state index in [1.54, 1.807) is 13.0 Å². The number of nitrogens with zero attached hydrogens (tertiary/aromatic N) is 1. The average molecular weight is 220 g/mol. The fourth-order valence-electron chi connectivity index (χ4n) is 2.35. The van der Waals surface area contributed by atoms with Crippen molar-refractivity contribution in [1.29, 1.82) is 0 Å². The summed E-state index contributed by atoms with van der Waals surface area (Å²) < 4.78 is 0. The fourth-order valence-corrected chi connectivity index (χ4v) is 2.35. The van der Waals surface area contributed by atoms with Crippen LogP contribution in [0.5, 0.6) is 0 Å². The first-order valence-corrected chi connectivity index (χ1v) is 5.55. The first-order chi connectivity index (χ1) is 7.59. The van der Waals surface area contributed by atoms with Crippen molar-refractivity contribution in [3.63, 3.8) is 0 Å². The van der Waals surface area contributed by atoms with Gasteiger partial charge in [0.2, 0.25) is 0 Å². The summed E-state index contributed by atoms with van der Waals surface area (Å²) in [7, 11) is 0. The molecule has 1 aromatic rings. The van der Waals surface area contributed by atoms with Crippen LogP contribution in [-0.4, -0.2) is 11.5 Å². The lowest BCUT2D eigenvalue weighted by atomic mass is 9.64. The molecule has 0 aromatic heterocycles. The highest BCUT2D eigenvalue weighted by Gasteiger charge is 2.38. The molecule has 4 nitrogen and oxygen atoms in total. The molecule has 0 spiro atoms. The van der Waals surface area contributed by atoms with Gasteiger partial charge in [-0.05, 0) is 25.3 Å². The molecule has 4 heteroatoms. The monoisotopic (exact) mass is 220 g/mol. The molecule has 0 amide bonds. The largest absolute Gasteiger partial charge is 0.330 e. The average Bonchev–Trinajstić information content (AvgIpc) is 2.19. The Morgan fingerprint density at radius 1 is 1.50 bits per heavy atom. The highest BCUT2D eigenvalue weighted by Crippen LogP contribution is 2.43. The van der Waals surface area contributed by atoms with Crippen molar-refractivity contribution in [2.45, 2.75) is 31.6 Å². The summed E-state index contributed by atoms with van der Waals surface area (Å²) in [6, 6.07) is 5.50. The van der Waals surface area contributed by atoms with E-state index in [0.29, 0.717) is 12.1 Å². The van der Waals surface area contributed by atoms with Crippen molar-refractivity contribution >= 4 is 5.69 Å². The molecule has 0 radical (unpaired) electrons. The van der Waals surface area contributed by atoms with E-state index in [-0.39, 0.29) is 16.0 Å². The minimum atomic E-state index is -0.318. The molecular weight excluding hydrogens is 204 g/mol. The van der Waals surface area contributed by atoms with Gasteiger partial charge in [-0.25, -0.2) is 0 Å². The maximum absolute atomic E-state index is 10.9. The first kappa shape index (κ1) is 11.1. The Morgan fingerprint density at radius 2 is 2.19 bits per heavy atom. The van der Waals surface area contributed by atoms with E-state index >= 15 is 0 Å². The van der Waals surface area contributed by atoms with Crippen LogP contribution in [0.4, 0.5) is 5.69 Å². The second-order valence-electron chi connectivity index (χ2n) is 4.60. The molecule has 0 aliphatic heterocycles. The molecule has 1 aliphatic rings. The molecule has 1 fully saturated rings. The van der Waals surface area contributed by atoms with E-state index in [1.807, 2.05) is 12.1 Å². The van der Waals surface area contributed by atoms with Crippen LogP contribution in [0.3, 0.4) is 0 Å². The molecule has 86 valence electrons. The molecule has 0 saturated heterocycles. The van der Waals surface area contributed by atoms with Crippen molar-refractivity contribution in [3.8, 4) is 0 Å². The fraction of sp³-hybridized carbons (Fsp3) is 0.500. The van der Waals surface area contributed by atoms with Crippen molar-refractivity contribution in [2.24, 2.45) is 5.73 Å². The second kappa shape index (κ2) is 3.87. The van der Waals surface area contributed by atoms with Gasteiger partial charge in [0.05, 0.1) is 4.92 Å². The van der Waals surface area contributed by atoms with Crippen LogP contribution in [0, 0.1) is 17.0 Å². The number of aryl methyl sites for hydroxylation is 1. The Hall–Kier alpha value is -1.42. The van der Waals surface area contributed by atoms with Crippen LogP contribution in [0.25, 0.3) is 0 Å². The SMILES string of the molecule is Cc1ccc(C2(CN)CCC2)cc1[N+](=O)[O-]. The number of nitrogens with two attached hydrogens (primary N) is 1. The maximum Gasteiger partial charge on any atom is 0.272 e. The predicted molar refractivity (Wildman–Crippen MR) is 62.4 cm³/mol. The van der Waals surface area contributed by atoms with E-state index in [9.17, 15) is 10.1 Å². The summed E-state index contributed by atoms with van der Waals surface area (Å²) in [4.78, 5) is 10.6. The maximum atomic E-state index is 10.9. The summed E-state index contributed by atoms with van der Waals surface area (Å²) in [5.41, 5.74) is 7.73. The summed E-state index contributed by atoms with van der Waals surface area (Å²) in [5.74, 6) is 0. The predicted octanol–water partition coefficient (Wildman–Crippen LogP) is 2.28. The topological polar surface area (TPSA) is 69.2 Å². The van der Waals surface area contributed by atoms with Crippen LogP contribution >= 0.6 is 0 Å². The van der Waals surface area contributed by atoms with Gasteiger partial charge in [0.25, 0.3) is 5.69 Å². The second-order valence-corrected chi connectivity index (χ2v) is 4.60. The van der Waals surface area contributed by atoms with Crippen LogP contribution in [-0.2, 0) is 5.41 Å². The lowest BCUT2D eigenvalue weighted by molar-refractivity contribution is -0.385. The third-order valence-electron chi connectivity index (χ3n) is 3.72. The Balaban J connectivity index is 2.43. The van der Waals surface area contributed by atoms with Gasteiger partial charge in [0.1, 0.15) is 0 Å². The zero-order valence-corrected chi connectivity index (χ0v) is 9.40. The van der Waals surface area contributed by atoms with E-state index < -0.39 is 0 Å². The van der Waals surface area contributed by atoms with Gasteiger partial charge in [-0.1, -0.05) is 18.6 Å². The normalized spacial score (nSPS) is 17.9. The quantitative estimate of drug-likeness (QED) is 0.627. The molecule has 2 N–H and O–H groups in total. The Bertz CT molecular complexity index is 420. The Kier molecular flexibility index (Phi) is 2.68. The minimum Gasteiger partial charge on any atom is -0.330 e. The minimum absolute atomic E-state index is 0.00153. The highest BCUT2D eigenvalue weighted by molar-refractivity contribution is 5.45. The van der Waals surface area contributed by atoms with E-state index in [0.717, 1.165) is 18.4 Å². The van der Waals surface area contributed by atoms with Gasteiger partial charge in [-0.2, -0.15) is 0 Å². The molecule has 1 saturated carbocycles. The number of benzene rings is 1. The van der Waals surface area contributed by atoms with Crippen LogP contribution in [0.1, 0.15) is 30.4 Å². The third kappa shape index (κ3) is 1.59. The molecule has 16 heavy (non-hydrogen) atoms. The van der Waals surface area contributed by atoms with Crippen molar-refractivity contribution in [1.82, 2.24) is 0 Å². The van der Waals surface area contributed by atoms with E-state index in [2.05, 4.69) is 0 Å². The van der Waals surface area contributed by atoms with Crippen molar-refractivity contribution in [2.75, 3.05) is 6.54 Å². The number of nitro benzene ring substituents is 1. The van der Waals surface area contributed by atoms with Gasteiger partial charge >= 0.3 is 0 Å². The van der Waals surface area contributed by atoms with Gasteiger partial charge < -0.3 is 5.73 Å². The van der Waals surface area contributed by atoms with Crippen molar-refractivity contribution < 1.29 is 4.92 Å². The van der Waals surface area contributed by atoms with Gasteiger partial charge in [0.15, 0.2) is 0 Å². The zero-order chi connectivity index (χ0) is 11.8. The number of hydrogen-bond donors (Lipinski definition) is 1. The third-order valence-corrected chi connectivity index (χ3v) is 3.72. The number of hydrogen-bond acceptors (Lipinski definition) is 3. The molecule has 0 bridgehead atoms. The first-order valence-electron chi connectivity index (χ1n) is 5.55. The Labute approximate surface area is 94.6 Å². The van der Waals surface area contributed by atoms with E-state index in [4.69, 9.17) is 5.73 Å².